The van der Waals surface area contributed by atoms with E-state index in [0.29, 0.717) is 25.7 Å². The molecule has 2 aliphatic rings. The summed E-state index contributed by atoms with van der Waals surface area (Å²) in [6, 6.07) is 7.53. The van der Waals surface area contributed by atoms with Gasteiger partial charge in [-0.15, -0.1) is 0 Å². The molecule has 1 atom stereocenters. The third-order valence-electron chi connectivity index (χ3n) is 5.27. The van der Waals surface area contributed by atoms with Crippen LogP contribution in [0.5, 0.6) is 5.75 Å². The Balaban J connectivity index is 1.49. The molecule has 7 heteroatoms. The van der Waals surface area contributed by atoms with Crippen LogP contribution >= 0.6 is 0 Å². The lowest BCUT2D eigenvalue weighted by Gasteiger charge is -2.33. The summed E-state index contributed by atoms with van der Waals surface area (Å²) >= 11 is 0. The van der Waals surface area contributed by atoms with Crippen molar-refractivity contribution in [1.82, 2.24) is 10.2 Å². The Morgan fingerprint density at radius 3 is 2.56 bits per heavy atom. The van der Waals surface area contributed by atoms with E-state index < -0.39 is 0 Å². The van der Waals surface area contributed by atoms with Gasteiger partial charge in [-0.05, 0) is 49.9 Å². The first-order valence-electron chi connectivity index (χ1n) is 9.95. The van der Waals surface area contributed by atoms with Gasteiger partial charge in [0.2, 0.25) is 5.91 Å². The van der Waals surface area contributed by atoms with Gasteiger partial charge in [0.25, 0.3) is 0 Å². The van der Waals surface area contributed by atoms with Gasteiger partial charge < -0.3 is 26.0 Å². The fraction of sp³-hybridized carbons (Fsp3) is 0.600. The first kappa shape index (κ1) is 19.5. The molecule has 1 aromatic carbocycles. The van der Waals surface area contributed by atoms with Gasteiger partial charge in [-0.1, -0.05) is 12.8 Å². The van der Waals surface area contributed by atoms with Crippen LogP contribution in [-0.4, -0.2) is 49.1 Å². The third-order valence-corrected chi connectivity index (χ3v) is 5.27. The van der Waals surface area contributed by atoms with Gasteiger partial charge in [-0.25, -0.2) is 4.79 Å². The van der Waals surface area contributed by atoms with Gasteiger partial charge in [-0.3, -0.25) is 4.79 Å². The number of nitrogens with two attached hydrogens (primary N) is 1. The van der Waals surface area contributed by atoms with Crippen molar-refractivity contribution in [1.29, 1.82) is 0 Å². The van der Waals surface area contributed by atoms with Crippen molar-refractivity contribution < 1.29 is 14.3 Å². The quantitative estimate of drug-likeness (QED) is 0.712. The molecule has 0 spiro atoms. The molecule has 2 fully saturated rings. The van der Waals surface area contributed by atoms with Crippen LogP contribution in [-0.2, 0) is 4.79 Å². The predicted octanol–water partition coefficient (Wildman–Crippen LogP) is 2.33. The van der Waals surface area contributed by atoms with E-state index in [1.54, 1.807) is 4.90 Å². The highest BCUT2D eigenvalue weighted by molar-refractivity contribution is 5.93. The number of piperidine rings is 1. The van der Waals surface area contributed by atoms with Gasteiger partial charge >= 0.3 is 6.03 Å². The number of carbonyl (C=O) groups is 2. The van der Waals surface area contributed by atoms with Crippen molar-refractivity contribution in [3.8, 4) is 5.75 Å². The number of hydrogen-bond acceptors (Lipinski definition) is 4. The zero-order valence-corrected chi connectivity index (χ0v) is 15.8. The molecule has 0 aromatic heterocycles. The van der Waals surface area contributed by atoms with Crippen LogP contribution in [0.4, 0.5) is 10.5 Å². The lowest BCUT2D eigenvalue weighted by molar-refractivity contribution is -0.121. The first-order chi connectivity index (χ1) is 13.2. The molecule has 7 nitrogen and oxygen atoms in total. The molecule has 1 aromatic rings. The lowest BCUT2D eigenvalue weighted by Crippen LogP contribution is -2.49. The average molecular weight is 374 g/mol. The normalized spacial score (nSPS) is 20.3. The summed E-state index contributed by atoms with van der Waals surface area (Å²) in [4.78, 5) is 26.9. The Morgan fingerprint density at radius 1 is 1.11 bits per heavy atom. The van der Waals surface area contributed by atoms with E-state index in [0.717, 1.165) is 43.7 Å². The maximum Gasteiger partial charge on any atom is 0.317 e. The molecule has 4 N–H and O–H groups in total. The Bertz CT molecular complexity index is 629. The van der Waals surface area contributed by atoms with Crippen molar-refractivity contribution in [2.45, 2.75) is 44.6 Å². The standard InChI is InChI=1S/C20H30N4O3/c21-11-13-27-18-9-7-17(8-10-18)22-19(25)15-4-3-12-24(14-15)20(26)23-16-5-1-2-6-16/h7-10,15-16H,1-6,11-14,21H2,(H,22,25)(H,23,26). The van der Waals surface area contributed by atoms with Gasteiger partial charge in [0.1, 0.15) is 12.4 Å². The number of hydrogen-bond donors (Lipinski definition) is 3. The zero-order valence-electron chi connectivity index (χ0n) is 15.8. The van der Waals surface area contributed by atoms with Crippen molar-refractivity contribution in [2.75, 3.05) is 31.6 Å². The maximum atomic E-state index is 12.6. The smallest absolute Gasteiger partial charge is 0.317 e. The molecule has 1 aliphatic carbocycles. The minimum Gasteiger partial charge on any atom is -0.492 e. The van der Waals surface area contributed by atoms with Crippen LogP contribution in [0.25, 0.3) is 0 Å². The Morgan fingerprint density at radius 2 is 1.85 bits per heavy atom. The largest absolute Gasteiger partial charge is 0.492 e. The minimum absolute atomic E-state index is 0.0270. The summed E-state index contributed by atoms with van der Waals surface area (Å²) in [7, 11) is 0. The highest BCUT2D eigenvalue weighted by Gasteiger charge is 2.29. The second kappa shape index (κ2) is 9.60. The lowest BCUT2D eigenvalue weighted by atomic mass is 9.97. The van der Waals surface area contributed by atoms with Crippen LogP contribution in [0, 0.1) is 5.92 Å². The first-order valence-corrected chi connectivity index (χ1v) is 9.95. The molecular formula is C20H30N4O3. The van der Waals surface area contributed by atoms with Crippen molar-refractivity contribution in [3.05, 3.63) is 24.3 Å². The van der Waals surface area contributed by atoms with Crippen LogP contribution in [0.1, 0.15) is 38.5 Å². The topological polar surface area (TPSA) is 96.7 Å². The molecule has 0 bridgehead atoms. The van der Waals surface area contributed by atoms with Crippen LogP contribution in [0.15, 0.2) is 24.3 Å². The number of ether oxygens (including phenoxy) is 1. The summed E-state index contributed by atoms with van der Waals surface area (Å²) in [5.74, 6) is 0.510. The van der Waals surface area contributed by atoms with Crippen molar-refractivity contribution >= 4 is 17.6 Å². The number of carbonyl (C=O) groups excluding carboxylic acids is 2. The van der Waals surface area contributed by atoms with Gasteiger partial charge in [0.15, 0.2) is 0 Å². The van der Waals surface area contributed by atoms with E-state index in [1.165, 1.54) is 12.8 Å². The molecule has 27 heavy (non-hydrogen) atoms. The molecule has 1 heterocycles. The number of nitrogens with zero attached hydrogens (tertiary/aromatic N) is 1. The number of benzene rings is 1. The van der Waals surface area contributed by atoms with Crippen molar-refractivity contribution in [3.63, 3.8) is 0 Å². The summed E-state index contributed by atoms with van der Waals surface area (Å²) in [5, 5.41) is 6.06. The van der Waals surface area contributed by atoms with Gasteiger partial charge in [-0.2, -0.15) is 0 Å². The summed E-state index contributed by atoms with van der Waals surface area (Å²) in [6.07, 6.45) is 6.15. The third kappa shape index (κ3) is 5.60. The molecule has 3 rings (SSSR count). The molecule has 1 unspecified atom stereocenters. The Kier molecular flexibility index (Phi) is 6.92. The molecule has 148 valence electrons. The number of likely N-dealkylation sites (tertiary alicyclic amines) is 1. The number of urea groups is 1. The monoisotopic (exact) mass is 374 g/mol. The van der Waals surface area contributed by atoms with E-state index in [4.69, 9.17) is 10.5 Å². The number of anilines is 1. The maximum absolute atomic E-state index is 12.6. The second-order valence-corrected chi connectivity index (χ2v) is 7.37. The average Bonchev–Trinajstić information content (AvgIpc) is 3.20. The second-order valence-electron chi connectivity index (χ2n) is 7.37. The molecule has 0 radical (unpaired) electrons. The predicted molar refractivity (Wildman–Crippen MR) is 105 cm³/mol. The minimum atomic E-state index is -0.179. The van der Waals surface area contributed by atoms with E-state index in [2.05, 4.69) is 10.6 Å². The molecule has 1 saturated carbocycles. The highest BCUT2D eigenvalue weighted by atomic mass is 16.5. The Hall–Kier alpha value is -2.28. The van der Waals surface area contributed by atoms with Crippen LogP contribution in [0.2, 0.25) is 0 Å². The van der Waals surface area contributed by atoms with E-state index in [1.807, 2.05) is 24.3 Å². The van der Waals surface area contributed by atoms with Crippen LogP contribution in [0.3, 0.4) is 0 Å². The fourth-order valence-electron chi connectivity index (χ4n) is 3.77. The molecule has 1 saturated heterocycles. The van der Waals surface area contributed by atoms with Crippen LogP contribution < -0.4 is 21.1 Å². The SMILES string of the molecule is NCCOc1ccc(NC(=O)C2CCCN(C(=O)NC3CCCC3)C2)cc1. The van der Waals surface area contributed by atoms with E-state index in [-0.39, 0.29) is 17.9 Å². The number of nitrogens with one attached hydrogen (secondary N) is 2. The Labute approximate surface area is 160 Å². The zero-order chi connectivity index (χ0) is 19.1. The fourth-order valence-corrected chi connectivity index (χ4v) is 3.77. The summed E-state index contributed by atoms with van der Waals surface area (Å²) < 4.78 is 5.44. The van der Waals surface area contributed by atoms with E-state index >= 15 is 0 Å². The highest BCUT2D eigenvalue weighted by Crippen LogP contribution is 2.22. The molecular weight excluding hydrogens is 344 g/mol. The van der Waals surface area contributed by atoms with Gasteiger partial charge in [0.05, 0.1) is 5.92 Å². The van der Waals surface area contributed by atoms with E-state index in [9.17, 15) is 9.59 Å². The summed E-state index contributed by atoms with van der Waals surface area (Å²) in [5.41, 5.74) is 6.15. The van der Waals surface area contributed by atoms with Gasteiger partial charge in [0, 0.05) is 31.4 Å². The number of amides is 3. The number of rotatable bonds is 6. The molecule has 3 amide bonds. The molecule has 1 aliphatic heterocycles. The summed E-state index contributed by atoms with van der Waals surface area (Å²) in [6.45, 7) is 2.12. The van der Waals surface area contributed by atoms with Crippen molar-refractivity contribution in [2.24, 2.45) is 11.7 Å².